The molecular weight excluding hydrogens is 262 g/mol. The van der Waals surface area contributed by atoms with Crippen LogP contribution in [0.5, 0.6) is 0 Å². The number of aliphatic carboxylic acids is 1. The average Bonchev–Trinajstić information content (AvgIpc) is 2.33. The predicted octanol–water partition coefficient (Wildman–Crippen LogP) is -3.79. The van der Waals surface area contributed by atoms with Crippen molar-refractivity contribution >= 4 is 5.97 Å². The highest BCUT2D eigenvalue weighted by atomic mass is 16.7. The van der Waals surface area contributed by atoms with Crippen molar-refractivity contribution < 1.29 is 40.2 Å². The summed E-state index contributed by atoms with van der Waals surface area (Å²) in [6, 6.07) is 0. The summed E-state index contributed by atoms with van der Waals surface area (Å²) in [6.07, 6.45) is -8.64. The molecule has 6 atom stereocenters. The predicted molar refractivity (Wildman–Crippen MR) is 60.0 cm³/mol. The summed E-state index contributed by atoms with van der Waals surface area (Å²) in [5, 5.41) is 59.6. The standard InChI is InChI=1S/C10H19NO8/c1-11-3-5(13)7(15)8-6(14)4(12)2-10(18,19-8)9(16)17/h4-8,11-15,18H,2-3H2,1H3,(H,16,17)/t4-,5-,6-,7?,8?,10-/m1/s1. The Morgan fingerprint density at radius 3 is 2.53 bits per heavy atom. The maximum atomic E-state index is 10.9. The van der Waals surface area contributed by atoms with E-state index in [1.807, 2.05) is 0 Å². The van der Waals surface area contributed by atoms with E-state index in [0.717, 1.165) is 0 Å². The molecule has 112 valence electrons. The Balaban J connectivity index is 2.88. The molecule has 0 spiro atoms. The quantitative estimate of drug-likeness (QED) is 0.268. The Bertz CT molecular complexity index is 327. The van der Waals surface area contributed by atoms with E-state index in [0.29, 0.717) is 0 Å². The first-order valence-corrected chi connectivity index (χ1v) is 5.73. The van der Waals surface area contributed by atoms with E-state index in [9.17, 15) is 30.3 Å². The highest BCUT2D eigenvalue weighted by molar-refractivity contribution is 5.75. The van der Waals surface area contributed by atoms with Crippen LogP contribution in [0.3, 0.4) is 0 Å². The normalized spacial score (nSPS) is 38.7. The van der Waals surface area contributed by atoms with Gasteiger partial charge >= 0.3 is 5.97 Å². The third kappa shape index (κ3) is 3.39. The molecule has 0 aliphatic carbocycles. The van der Waals surface area contributed by atoms with Gasteiger partial charge in [0.15, 0.2) is 0 Å². The van der Waals surface area contributed by atoms with Gasteiger partial charge < -0.3 is 40.7 Å². The second-order valence-electron chi connectivity index (χ2n) is 4.55. The zero-order chi connectivity index (χ0) is 14.8. The zero-order valence-corrected chi connectivity index (χ0v) is 10.3. The summed E-state index contributed by atoms with van der Waals surface area (Å²) in [5.41, 5.74) is 0. The molecule has 1 saturated heterocycles. The lowest BCUT2D eigenvalue weighted by atomic mass is 9.91. The third-order valence-electron chi connectivity index (χ3n) is 3.03. The van der Waals surface area contributed by atoms with E-state index in [1.165, 1.54) is 7.05 Å². The van der Waals surface area contributed by atoms with E-state index >= 15 is 0 Å². The van der Waals surface area contributed by atoms with E-state index in [4.69, 9.17) is 9.84 Å². The van der Waals surface area contributed by atoms with Crippen molar-refractivity contribution in [1.82, 2.24) is 5.32 Å². The van der Waals surface area contributed by atoms with Gasteiger partial charge in [-0.15, -0.1) is 0 Å². The Labute approximate surface area is 109 Å². The molecule has 0 aromatic rings. The lowest BCUT2D eigenvalue weighted by Gasteiger charge is -2.42. The van der Waals surface area contributed by atoms with Gasteiger partial charge in [-0.3, -0.25) is 0 Å². The van der Waals surface area contributed by atoms with Gasteiger partial charge in [0.2, 0.25) is 0 Å². The molecule has 1 heterocycles. The number of aliphatic hydroxyl groups is 5. The maximum absolute atomic E-state index is 10.9. The fourth-order valence-corrected chi connectivity index (χ4v) is 1.92. The Kier molecular flexibility index (Phi) is 5.21. The zero-order valence-electron chi connectivity index (χ0n) is 10.3. The average molecular weight is 281 g/mol. The molecule has 19 heavy (non-hydrogen) atoms. The first kappa shape index (κ1) is 16.2. The van der Waals surface area contributed by atoms with E-state index in [-0.39, 0.29) is 6.54 Å². The van der Waals surface area contributed by atoms with Crippen LogP contribution in [0.4, 0.5) is 0 Å². The Morgan fingerprint density at radius 1 is 1.47 bits per heavy atom. The van der Waals surface area contributed by atoms with Crippen molar-refractivity contribution in [3.05, 3.63) is 0 Å². The summed E-state index contributed by atoms with van der Waals surface area (Å²) in [7, 11) is 1.51. The van der Waals surface area contributed by atoms with Crippen LogP contribution in [-0.2, 0) is 9.53 Å². The van der Waals surface area contributed by atoms with Crippen LogP contribution in [0.1, 0.15) is 6.42 Å². The molecular formula is C10H19NO8. The summed E-state index contributed by atoms with van der Waals surface area (Å²) < 4.78 is 4.76. The number of carboxylic acids is 1. The number of carboxylic acid groups (broad SMARTS) is 1. The first-order valence-electron chi connectivity index (χ1n) is 5.73. The van der Waals surface area contributed by atoms with Crippen molar-refractivity contribution in [2.24, 2.45) is 0 Å². The van der Waals surface area contributed by atoms with Gasteiger partial charge in [0.1, 0.15) is 18.3 Å². The third-order valence-corrected chi connectivity index (χ3v) is 3.03. The summed E-state index contributed by atoms with van der Waals surface area (Å²) in [6.45, 7) is -0.0463. The fraction of sp³-hybridized carbons (Fsp3) is 0.900. The molecule has 1 aliphatic rings. The SMILES string of the molecule is CNC[C@@H](O)C(O)C1O[C@@](O)(C(=O)O)C[C@@H](O)[C@H]1O. The molecule has 0 amide bonds. The van der Waals surface area contributed by atoms with E-state index < -0.39 is 48.7 Å². The van der Waals surface area contributed by atoms with Crippen molar-refractivity contribution in [1.29, 1.82) is 0 Å². The highest BCUT2D eigenvalue weighted by Gasteiger charge is 2.53. The van der Waals surface area contributed by atoms with Gasteiger partial charge in [-0.2, -0.15) is 0 Å². The summed E-state index contributed by atoms with van der Waals surface area (Å²) in [4.78, 5) is 10.9. The van der Waals surface area contributed by atoms with Crippen LogP contribution in [0.15, 0.2) is 0 Å². The molecule has 7 N–H and O–H groups in total. The number of hydrogen-bond acceptors (Lipinski definition) is 8. The van der Waals surface area contributed by atoms with Gasteiger partial charge in [0, 0.05) is 13.0 Å². The Hall–Kier alpha value is -0.810. The molecule has 0 bridgehead atoms. The number of nitrogens with one attached hydrogen (secondary N) is 1. The van der Waals surface area contributed by atoms with Gasteiger partial charge in [-0.25, -0.2) is 4.79 Å². The molecule has 1 fully saturated rings. The van der Waals surface area contributed by atoms with Crippen LogP contribution in [-0.4, -0.2) is 86.5 Å². The molecule has 0 aromatic carbocycles. The van der Waals surface area contributed by atoms with E-state index in [2.05, 4.69) is 5.32 Å². The van der Waals surface area contributed by atoms with Crippen LogP contribution < -0.4 is 5.32 Å². The van der Waals surface area contributed by atoms with Gasteiger partial charge in [0.05, 0.1) is 12.2 Å². The van der Waals surface area contributed by atoms with Crippen LogP contribution >= 0.6 is 0 Å². The number of aliphatic hydroxyl groups excluding tert-OH is 4. The van der Waals surface area contributed by atoms with Crippen LogP contribution in [0.25, 0.3) is 0 Å². The minimum absolute atomic E-state index is 0.0463. The monoisotopic (exact) mass is 281 g/mol. The first-order chi connectivity index (χ1) is 8.73. The molecule has 2 unspecified atom stereocenters. The van der Waals surface area contributed by atoms with Crippen LogP contribution in [0.2, 0.25) is 0 Å². The second-order valence-corrected chi connectivity index (χ2v) is 4.55. The summed E-state index contributed by atoms with van der Waals surface area (Å²) >= 11 is 0. The number of carbonyl (C=O) groups is 1. The van der Waals surface area contributed by atoms with E-state index in [1.54, 1.807) is 0 Å². The number of hydrogen-bond donors (Lipinski definition) is 7. The smallest absolute Gasteiger partial charge is 0.364 e. The van der Waals surface area contributed by atoms with Crippen molar-refractivity contribution in [2.75, 3.05) is 13.6 Å². The maximum Gasteiger partial charge on any atom is 0.364 e. The van der Waals surface area contributed by atoms with Gasteiger partial charge in [0.25, 0.3) is 5.79 Å². The largest absolute Gasteiger partial charge is 0.477 e. The highest BCUT2D eigenvalue weighted by Crippen LogP contribution is 2.30. The molecule has 9 nitrogen and oxygen atoms in total. The lowest BCUT2D eigenvalue weighted by molar-refractivity contribution is -0.312. The number of likely N-dealkylation sites (N-methyl/N-ethyl adjacent to an activating group) is 1. The van der Waals surface area contributed by atoms with Crippen molar-refractivity contribution in [3.63, 3.8) is 0 Å². The number of ether oxygens (including phenoxy) is 1. The molecule has 0 saturated carbocycles. The van der Waals surface area contributed by atoms with Crippen molar-refractivity contribution in [3.8, 4) is 0 Å². The van der Waals surface area contributed by atoms with Gasteiger partial charge in [-0.05, 0) is 7.05 Å². The lowest BCUT2D eigenvalue weighted by Crippen LogP contribution is -2.63. The van der Waals surface area contributed by atoms with Crippen LogP contribution in [0, 0.1) is 0 Å². The van der Waals surface area contributed by atoms with Gasteiger partial charge in [-0.1, -0.05) is 0 Å². The summed E-state index contributed by atoms with van der Waals surface area (Å²) in [5.74, 6) is -4.47. The topological polar surface area (TPSA) is 160 Å². The molecule has 1 rings (SSSR count). The Morgan fingerprint density at radius 2 is 2.05 bits per heavy atom. The molecule has 0 radical (unpaired) electrons. The molecule has 1 aliphatic heterocycles. The number of rotatable bonds is 5. The minimum atomic E-state index is -2.72. The molecule has 0 aromatic heterocycles. The second kappa shape index (κ2) is 6.09. The van der Waals surface area contributed by atoms with Crippen molar-refractivity contribution in [2.45, 2.75) is 42.7 Å². The molecule has 9 heteroatoms. The minimum Gasteiger partial charge on any atom is -0.477 e. The fourth-order valence-electron chi connectivity index (χ4n) is 1.92.